The molecule has 0 aliphatic carbocycles. The summed E-state index contributed by atoms with van der Waals surface area (Å²) in [4.78, 5) is 15.5. The van der Waals surface area contributed by atoms with Crippen molar-refractivity contribution >= 4 is 16.7 Å². The Balaban J connectivity index is 2.77. The van der Waals surface area contributed by atoms with E-state index in [9.17, 15) is 23.3 Å². The Morgan fingerprint density at radius 3 is 2.69 bits per heavy atom. The Hall–Kier alpha value is -2.12. The smallest absolute Gasteiger partial charge is 0.353 e. The summed E-state index contributed by atoms with van der Waals surface area (Å²) in [6, 6.07) is 0.766. The van der Waals surface area contributed by atoms with Crippen molar-refractivity contribution in [1.82, 2.24) is 9.97 Å². The van der Waals surface area contributed by atoms with Crippen molar-refractivity contribution in [1.29, 1.82) is 0 Å². The zero-order valence-electron chi connectivity index (χ0n) is 7.58. The summed E-state index contributed by atoms with van der Waals surface area (Å²) >= 11 is 0. The number of hydrogen-bond acceptors (Lipinski definition) is 3. The number of pyridine rings is 1. The summed E-state index contributed by atoms with van der Waals surface area (Å²) in [5.74, 6) is 0. The highest BCUT2D eigenvalue weighted by atomic mass is 19.4. The van der Waals surface area contributed by atoms with E-state index < -0.39 is 22.4 Å². The molecule has 0 saturated carbocycles. The molecule has 0 radical (unpaired) electrons. The summed E-state index contributed by atoms with van der Waals surface area (Å²) in [6.45, 7) is 0. The molecule has 0 atom stereocenters. The van der Waals surface area contributed by atoms with E-state index in [1.165, 1.54) is 0 Å². The first-order valence-corrected chi connectivity index (χ1v) is 4.09. The number of aromatic amines is 1. The van der Waals surface area contributed by atoms with E-state index >= 15 is 0 Å². The molecule has 2 heterocycles. The molecule has 0 amide bonds. The monoisotopic (exact) mass is 231 g/mol. The third kappa shape index (κ3) is 1.47. The van der Waals surface area contributed by atoms with Crippen LogP contribution in [0.2, 0.25) is 0 Å². The summed E-state index contributed by atoms with van der Waals surface area (Å²) in [6.07, 6.45) is -2.78. The minimum absolute atomic E-state index is 0.292. The van der Waals surface area contributed by atoms with Crippen LogP contribution in [0.1, 0.15) is 5.56 Å². The molecule has 0 bridgehead atoms. The molecule has 16 heavy (non-hydrogen) atoms. The highest BCUT2D eigenvalue weighted by Gasteiger charge is 2.34. The molecule has 2 aromatic rings. The SMILES string of the molecule is O=[N+]([O-])c1c[nH]c2c(C(F)(F)F)ccnc12. The number of fused-ring (bicyclic) bond motifs is 1. The van der Waals surface area contributed by atoms with Crippen LogP contribution in [0.3, 0.4) is 0 Å². The number of aromatic nitrogens is 2. The summed E-state index contributed by atoms with van der Waals surface area (Å²) in [7, 11) is 0. The van der Waals surface area contributed by atoms with Crippen molar-refractivity contribution in [3.8, 4) is 0 Å². The highest BCUT2D eigenvalue weighted by Crippen LogP contribution is 2.35. The van der Waals surface area contributed by atoms with E-state index in [-0.39, 0.29) is 11.0 Å². The Kier molecular flexibility index (Phi) is 2.07. The molecule has 0 aromatic carbocycles. The van der Waals surface area contributed by atoms with E-state index in [1.54, 1.807) is 0 Å². The van der Waals surface area contributed by atoms with Gasteiger partial charge in [-0.05, 0) is 6.07 Å². The molecule has 1 N–H and O–H groups in total. The van der Waals surface area contributed by atoms with Gasteiger partial charge in [-0.1, -0.05) is 0 Å². The van der Waals surface area contributed by atoms with Gasteiger partial charge in [-0.2, -0.15) is 13.2 Å². The molecule has 0 spiro atoms. The van der Waals surface area contributed by atoms with Gasteiger partial charge in [0.25, 0.3) is 0 Å². The standard InChI is InChI=1S/C8H4F3N3O2/c9-8(10,11)4-1-2-12-7-5(14(15)16)3-13-6(4)7/h1-3,13H. The predicted molar refractivity (Wildman–Crippen MR) is 47.8 cm³/mol. The molecule has 2 rings (SSSR count). The second kappa shape index (κ2) is 3.19. The number of nitrogens with one attached hydrogen (secondary N) is 1. The van der Waals surface area contributed by atoms with E-state index in [4.69, 9.17) is 0 Å². The third-order valence-corrected chi connectivity index (χ3v) is 2.05. The Labute approximate surface area is 86.1 Å². The number of H-pyrrole nitrogens is 1. The first kappa shape index (κ1) is 10.4. The second-order valence-corrected chi connectivity index (χ2v) is 3.01. The van der Waals surface area contributed by atoms with Gasteiger partial charge in [-0.15, -0.1) is 0 Å². The fourth-order valence-electron chi connectivity index (χ4n) is 1.39. The van der Waals surface area contributed by atoms with Gasteiger partial charge in [0, 0.05) is 6.20 Å². The topological polar surface area (TPSA) is 71.8 Å². The van der Waals surface area contributed by atoms with Gasteiger partial charge >= 0.3 is 11.9 Å². The van der Waals surface area contributed by atoms with Crippen LogP contribution in [0.15, 0.2) is 18.5 Å². The maximum absolute atomic E-state index is 12.5. The first-order chi connectivity index (χ1) is 7.41. The fourth-order valence-corrected chi connectivity index (χ4v) is 1.39. The zero-order chi connectivity index (χ0) is 11.9. The average Bonchev–Trinajstić information content (AvgIpc) is 2.58. The van der Waals surface area contributed by atoms with Crippen LogP contribution in [-0.4, -0.2) is 14.9 Å². The van der Waals surface area contributed by atoms with Gasteiger partial charge in [-0.25, -0.2) is 4.98 Å². The van der Waals surface area contributed by atoms with Crippen LogP contribution < -0.4 is 0 Å². The minimum Gasteiger partial charge on any atom is -0.353 e. The maximum atomic E-state index is 12.5. The molecule has 2 aromatic heterocycles. The lowest BCUT2D eigenvalue weighted by atomic mass is 10.2. The van der Waals surface area contributed by atoms with Crippen molar-refractivity contribution in [3.05, 3.63) is 34.1 Å². The molecular formula is C8H4F3N3O2. The highest BCUT2D eigenvalue weighted by molar-refractivity contribution is 5.87. The minimum atomic E-state index is -4.57. The summed E-state index contributed by atoms with van der Waals surface area (Å²) < 4.78 is 37.5. The van der Waals surface area contributed by atoms with E-state index in [2.05, 4.69) is 9.97 Å². The van der Waals surface area contributed by atoms with E-state index in [1.807, 2.05) is 0 Å². The van der Waals surface area contributed by atoms with Gasteiger partial charge < -0.3 is 4.98 Å². The Morgan fingerprint density at radius 1 is 1.44 bits per heavy atom. The molecule has 0 unspecified atom stereocenters. The lowest BCUT2D eigenvalue weighted by molar-refractivity contribution is -0.383. The average molecular weight is 231 g/mol. The lowest BCUT2D eigenvalue weighted by Crippen LogP contribution is -2.06. The van der Waals surface area contributed by atoms with Crippen LogP contribution >= 0.6 is 0 Å². The summed E-state index contributed by atoms with van der Waals surface area (Å²) in [5, 5.41) is 10.5. The molecule has 8 heteroatoms. The summed E-state index contributed by atoms with van der Waals surface area (Å²) in [5.41, 5.74) is -2.10. The molecule has 84 valence electrons. The van der Waals surface area contributed by atoms with Crippen molar-refractivity contribution in [3.63, 3.8) is 0 Å². The third-order valence-electron chi connectivity index (χ3n) is 2.05. The van der Waals surface area contributed by atoms with Gasteiger partial charge in [0.2, 0.25) is 0 Å². The number of halogens is 3. The van der Waals surface area contributed by atoms with Gasteiger partial charge in [0.05, 0.1) is 22.2 Å². The van der Waals surface area contributed by atoms with Gasteiger partial charge in [0.15, 0.2) is 5.52 Å². The van der Waals surface area contributed by atoms with Crippen LogP contribution in [0.5, 0.6) is 0 Å². The predicted octanol–water partition coefficient (Wildman–Crippen LogP) is 2.49. The quantitative estimate of drug-likeness (QED) is 0.605. The normalized spacial score (nSPS) is 11.9. The lowest BCUT2D eigenvalue weighted by Gasteiger charge is -2.06. The number of nitrogens with zero attached hydrogens (tertiary/aromatic N) is 2. The zero-order valence-corrected chi connectivity index (χ0v) is 7.58. The molecule has 0 fully saturated rings. The second-order valence-electron chi connectivity index (χ2n) is 3.01. The van der Waals surface area contributed by atoms with Crippen molar-refractivity contribution in [2.24, 2.45) is 0 Å². The molecular weight excluding hydrogens is 227 g/mol. The maximum Gasteiger partial charge on any atom is 0.418 e. The Morgan fingerprint density at radius 2 is 2.12 bits per heavy atom. The first-order valence-electron chi connectivity index (χ1n) is 4.09. The van der Waals surface area contributed by atoms with Crippen LogP contribution in [0, 0.1) is 10.1 Å². The van der Waals surface area contributed by atoms with Gasteiger partial charge in [-0.3, -0.25) is 10.1 Å². The van der Waals surface area contributed by atoms with E-state index in [0.29, 0.717) is 0 Å². The molecule has 0 aliphatic rings. The fraction of sp³-hybridized carbons (Fsp3) is 0.125. The van der Waals surface area contributed by atoms with Crippen LogP contribution in [0.25, 0.3) is 11.0 Å². The number of hydrogen-bond donors (Lipinski definition) is 1. The van der Waals surface area contributed by atoms with Crippen molar-refractivity contribution in [2.75, 3.05) is 0 Å². The van der Waals surface area contributed by atoms with Crippen LogP contribution in [-0.2, 0) is 6.18 Å². The van der Waals surface area contributed by atoms with Crippen molar-refractivity contribution in [2.45, 2.75) is 6.18 Å². The number of nitro groups is 1. The van der Waals surface area contributed by atoms with Gasteiger partial charge in [0.1, 0.15) is 0 Å². The molecule has 0 aliphatic heterocycles. The largest absolute Gasteiger partial charge is 0.418 e. The number of alkyl halides is 3. The van der Waals surface area contributed by atoms with E-state index in [0.717, 1.165) is 18.5 Å². The molecule has 0 saturated heterocycles. The van der Waals surface area contributed by atoms with Crippen molar-refractivity contribution < 1.29 is 18.1 Å². The number of rotatable bonds is 1. The Bertz CT molecular complexity index is 561. The molecule has 5 nitrogen and oxygen atoms in total. The van der Waals surface area contributed by atoms with Crippen LogP contribution in [0.4, 0.5) is 18.9 Å².